The van der Waals surface area contributed by atoms with E-state index in [9.17, 15) is 5.11 Å². The highest BCUT2D eigenvalue weighted by Crippen LogP contribution is 2.33. The molecule has 1 N–H and O–H groups in total. The van der Waals surface area contributed by atoms with Crippen LogP contribution in [0.5, 0.6) is 0 Å². The quantitative estimate of drug-likeness (QED) is 0.852. The zero-order valence-electron chi connectivity index (χ0n) is 10.7. The van der Waals surface area contributed by atoms with E-state index in [0.29, 0.717) is 22.4 Å². The minimum atomic E-state index is -0.298. The van der Waals surface area contributed by atoms with Gasteiger partial charge in [0.1, 0.15) is 0 Å². The monoisotopic (exact) mass is 286 g/mol. The van der Waals surface area contributed by atoms with Gasteiger partial charge < -0.3 is 5.11 Å². The Labute approximate surface area is 119 Å². The molecule has 2 rings (SSSR count). The van der Waals surface area contributed by atoms with E-state index in [2.05, 4.69) is 6.92 Å². The SMILES string of the molecule is CC1CCC(C(O)Cc2cccc(Cl)c2Cl)CC1. The highest BCUT2D eigenvalue weighted by atomic mass is 35.5. The molecule has 0 aromatic heterocycles. The molecular formula is C15H20Cl2O. The third kappa shape index (κ3) is 3.40. The van der Waals surface area contributed by atoms with Crippen LogP contribution < -0.4 is 0 Å². The third-order valence-electron chi connectivity index (χ3n) is 4.07. The lowest BCUT2D eigenvalue weighted by Gasteiger charge is -2.30. The summed E-state index contributed by atoms with van der Waals surface area (Å²) in [4.78, 5) is 0. The van der Waals surface area contributed by atoms with Crippen molar-refractivity contribution in [3.63, 3.8) is 0 Å². The Hall–Kier alpha value is -0.240. The summed E-state index contributed by atoms with van der Waals surface area (Å²) >= 11 is 12.1. The van der Waals surface area contributed by atoms with Gasteiger partial charge in [-0.3, -0.25) is 0 Å². The summed E-state index contributed by atoms with van der Waals surface area (Å²) in [6.07, 6.45) is 5.02. The Bertz CT molecular complexity index is 397. The van der Waals surface area contributed by atoms with Crippen LogP contribution in [-0.2, 0) is 6.42 Å². The van der Waals surface area contributed by atoms with Crippen LogP contribution >= 0.6 is 23.2 Å². The molecule has 0 saturated heterocycles. The highest BCUT2D eigenvalue weighted by Gasteiger charge is 2.25. The Morgan fingerprint density at radius 1 is 1.22 bits per heavy atom. The van der Waals surface area contributed by atoms with E-state index in [0.717, 1.165) is 24.3 Å². The molecule has 1 unspecified atom stereocenters. The molecular weight excluding hydrogens is 267 g/mol. The van der Waals surface area contributed by atoms with Crippen molar-refractivity contribution in [2.75, 3.05) is 0 Å². The topological polar surface area (TPSA) is 20.2 Å². The van der Waals surface area contributed by atoms with E-state index in [1.165, 1.54) is 12.8 Å². The van der Waals surface area contributed by atoms with Crippen molar-refractivity contribution in [3.05, 3.63) is 33.8 Å². The number of hydrogen-bond donors (Lipinski definition) is 1. The fourth-order valence-electron chi connectivity index (χ4n) is 2.77. The van der Waals surface area contributed by atoms with Gasteiger partial charge in [-0.25, -0.2) is 0 Å². The van der Waals surface area contributed by atoms with Crippen molar-refractivity contribution in [1.29, 1.82) is 0 Å². The number of rotatable bonds is 3. The molecule has 100 valence electrons. The first-order chi connectivity index (χ1) is 8.58. The highest BCUT2D eigenvalue weighted by molar-refractivity contribution is 6.42. The first kappa shape index (κ1) is 14.2. The summed E-state index contributed by atoms with van der Waals surface area (Å²) in [7, 11) is 0. The molecule has 1 aliphatic rings. The molecule has 1 fully saturated rings. The average molecular weight is 287 g/mol. The molecule has 3 heteroatoms. The van der Waals surface area contributed by atoms with Crippen molar-refractivity contribution in [3.8, 4) is 0 Å². The summed E-state index contributed by atoms with van der Waals surface area (Å²) in [5.41, 5.74) is 0.954. The summed E-state index contributed by atoms with van der Waals surface area (Å²) in [6.45, 7) is 2.29. The molecule has 0 spiro atoms. The van der Waals surface area contributed by atoms with Gasteiger partial charge in [-0.1, -0.05) is 55.1 Å². The summed E-state index contributed by atoms with van der Waals surface area (Å²) in [5, 5.41) is 11.5. The normalized spacial score (nSPS) is 26.0. The molecule has 0 aliphatic heterocycles. The number of halogens is 2. The maximum atomic E-state index is 10.3. The van der Waals surface area contributed by atoms with Crippen LogP contribution in [0.1, 0.15) is 38.2 Å². The summed E-state index contributed by atoms with van der Waals surface area (Å²) < 4.78 is 0. The predicted molar refractivity (Wildman–Crippen MR) is 77.3 cm³/mol. The molecule has 1 atom stereocenters. The van der Waals surface area contributed by atoms with Crippen molar-refractivity contribution in [2.45, 2.75) is 45.1 Å². The van der Waals surface area contributed by atoms with Crippen LogP contribution in [0.25, 0.3) is 0 Å². The Kier molecular flexibility index (Phi) is 4.94. The Morgan fingerprint density at radius 3 is 2.56 bits per heavy atom. The van der Waals surface area contributed by atoms with Crippen LogP contribution in [-0.4, -0.2) is 11.2 Å². The smallest absolute Gasteiger partial charge is 0.0625 e. The van der Waals surface area contributed by atoms with Crippen molar-refractivity contribution in [2.24, 2.45) is 11.8 Å². The molecule has 0 amide bonds. The second-order valence-electron chi connectivity index (χ2n) is 5.50. The molecule has 1 saturated carbocycles. The van der Waals surface area contributed by atoms with E-state index in [-0.39, 0.29) is 6.10 Å². The minimum absolute atomic E-state index is 0.298. The fourth-order valence-corrected chi connectivity index (χ4v) is 3.17. The molecule has 1 nitrogen and oxygen atoms in total. The van der Waals surface area contributed by atoms with E-state index < -0.39 is 0 Å². The number of aliphatic hydroxyl groups is 1. The molecule has 0 radical (unpaired) electrons. The Morgan fingerprint density at radius 2 is 1.89 bits per heavy atom. The lowest BCUT2D eigenvalue weighted by Crippen LogP contribution is -2.27. The average Bonchev–Trinajstić information content (AvgIpc) is 2.36. The summed E-state index contributed by atoms with van der Waals surface area (Å²) in [5.74, 6) is 1.22. The van der Waals surface area contributed by atoms with Gasteiger partial charge in [-0.2, -0.15) is 0 Å². The zero-order valence-corrected chi connectivity index (χ0v) is 12.2. The molecule has 1 aromatic rings. The van der Waals surface area contributed by atoms with Crippen LogP contribution in [0.15, 0.2) is 18.2 Å². The first-order valence-corrected chi connectivity index (χ1v) is 7.44. The van der Waals surface area contributed by atoms with Gasteiger partial charge in [0, 0.05) is 6.42 Å². The largest absolute Gasteiger partial charge is 0.392 e. The number of hydrogen-bond acceptors (Lipinski definition) is 1. The van der Waals surface area contributed by atoms with E-state index in [1.807, 2.05) is 12.1 Å². The van der Waals surface area contributed by atoms with Crippen LogP contribution in [0.3, 0.4) is 0 Å². The molecule has 0 bridgehead atoms. The second-order valence-corrected chi connectivity index (χ2v) is 6.29. The van der Waals surface area contributed by atoms with Crippen LogP contribution in [0, 0.1) is 11.8 Å². The van der Waals surface area contributed by atoms with E-state index in [1.54, 1.807) is 6.07 Å². The number of benzene rings is 1. The minimum Gasteiger partial charge on any atom is -0.392 e. The van der Waals surface area contributed by atoms with Gasteiger partial charge >= 0.3 is 0 Å². The van der Waals surface area contributed by atoms with Crippen molar-refractivity contribution < 1.29 is 5.11 Å². The molecule has 0 heterocycles. The second kappa shape index (κ2) is 6.27. The van der Waals surface area contributed by atoms with Gasteiger partial charge in [-0.15, -0.1) is 0 Å². The predicted octanol–water partition coefficient (Wildman–Crippen LogP) is 4.72. The van der Waals surface area contributed by atoms with Gasteiger partial charge in [-0.05, 0) is 36.3 Å². The molecule has 1 aliphatic carbocycles. The molecule has 1 aromatic carbocycles. The first-order valence-electron chi connectivity index (χ1n) is 6.69. The van der Waals surface area contributed by atoms with E-state index >= 15 is 0 Å². The fraction of sp³-hybridized carbons (Fsp3) is 0.600. The maximum absolute atomic E-state index is 10.3. The zero-order chi connectivity index (χ0) is 13.1. The third-order valence-corrected chi connectivity index (χ3v) is 4.92. The van der Waals surface area contributed by atoms with Crippen molar-refractivity contribution >= 4 is 23.2 Å². The Balaban J connectivity index is 1.98. The lowest BCUT2D eigenvalue weighted by atomic mass is 9.79. The lowest BCUT2D eigenvalue weighted by molar-refractivity contribution is 0.0761. The van der Waals surface area contributed by atoms with Crippen LogP contribution in [0.4, 0.5) is 0 Å². The van der Waals surface area contributed by atoms with Gasteiger partial charge in [0.2, 0.25) is 0 Å². The molecule has 18 heavy (non-hydrogen) atoms. The van der Waals surface area contributed by atoms with Gasteiger partial charge in [0.25, 0.3) is 0 Å². The summed E-state index contributed by atoms with van der Waals surface area (Å²) in [6, 6.07) is 5.62. The van der Waals surface area contributed by atoms with Crippen molar-refractivity contribution in [1.82, 2.24) is 0 Å². The van der Waals surface area contributed by atoms with Crippen LogP contribution in [0.2, 0.25) is 10.0 Å². The standard InChI is InChI=1S/C15H20Cl2O/c1-10-5-7-11(8-6-10)14(18)9-12-3-2-4-13(16)15(12)17/h2-4,10-11,14,18H,5-9H2,1H3. The van der Waals surface area contributed by atoms with Gasteiger partial charge in [0.05, 0.1) is 16.1 Å². The van der Waals surface area contributed by atoms with E-state index in [4.69, 9.17) is 23.2 Å². The maximum Gasteiger partial charge on any atom is 0.0625 e. The van der Waals surface area contributed by atoms with Gasteiger partial charge in [0.15, 0.2) is 0 Å². The number of aliphatic hydroxyl groups excluding tert-OH is 1.